The van der Waals surface area contributed by atoms with Crippen molar-refractivity contribution in [2.75, 3.05) is 18.4 Å². The zero-order valence-corrected chi connectivity index (χ0v) is 13.3. The van der Waals surface area contributed by atoms with Gasteiger partial charge in [-0.1, -0.05) is 29.8 Å². The highest BCUT2D eigenvalue weighted by Gasteiger charge is 2.14. The summed E-state index contributed by atoms with van der Waals surface area (Å²) in [7, 11) is 0. The molecule has 1 N–H and O–H groups in total. The Labute approximate surface area is 131 Å². The van der Waals surface area contributed by atoms with Gasteiger partial charge in [-0.05, 0) is 26.3 Å². The van der Waals surface area contributed by atoms with Crippen LogP contribution in [0.5, 0.6) is 0 Å². The van der Waals surface area contributed by atoms with Crippen molar-refractivity contribution in [3.8, 4) is 0 Å². The van der Waals surface area contributed by atoms with E-state index in [2.05, 4.69) is 40.4 Å². The number of hydrogen-bond donors (Lipinski definition) is 1. The lowest BCUT2D eigenvalue weighted by atomic mass is 10.1. The second kappa shape index (κ2) is 7.54. The largest absolute Gasteiger partial charge is 0.365 e. The SMILES string of the molecule is CCN(CC)C(=O)c1cnc(NCc2cccc(C)c2)cn1. The van der Waals surface area contributed by atoms with Crippen molar-refractivity contribution in [2.45, 2.75) is 27.3 Å². The molecule has 0 saturated carbocycles. The molecule has 0 saturated heterocycles. The standard InChI is InChI=1S/C17H22N4O/c1-4-21(5-2)17(22)15-11-20-16(12-18-15)19-10-14-8-6-7-13(3)9-14/h6-9,11-12H,4-5,10H2,1-3H3,(H,19,20). The number of amides is 1. The van der Waals surface area contributed by atoms with Gasteiger partial charge in [-0.2, -0.15) is 0 Å². The highest BCUT2D eigenvalue weighted by molar-refractivity contribution is 5.92. The van der Waals surface area contributed by atoms with E-state index in [0.717, 1.165) is 0 Å². The van der Waals surface area contributed by atoms with Crippen LogP contribution in [0.2, 0.25) is 0 Å². The maximum absolute atomic E-state index is 12.1. The lowest BCUT2D eigenvalue weighted by Gasteiger charge is -2.17. The number of nitrogens with one attached hydrogen (secondary N) is 1. The van der Waals surface area contributed by atoms with Crippen LogP contribution in [0.15, 0.2) is 36.7 Å². The van der Waals surface area contributed by atoms with Gasteiger partial charge in [0.15, 0.2) is 0 Å². The van der Waals surface area contributed by atoms with Crippen LogP contribution in [0.3, 0.4) is 0 Å². The van der Waals surface area contributed by atoms with Crippen molar-refractivity contribution < 1.29 is 4.79 Å². The Morgan fingerprint density at radius 1 is 1.18 bits per heavy atom. The molecule has 1 heterocycles. The molecule has 5 heteroatoms. The van der Waals surface area contributed by atoms with E-state index in [0.29, 0.717) is 31.1 Å². The van der Waals surface area contributed by atoms with Gasteiger partial charge in [-0.3, -0.25) is 4.79 Å². The van der Waals surface area contributed by atoms with Gasteiger partial charge in [-0.25, -0.2) is 9.97 Å². The molecular weight excluding hydrogens is 276 g/mol. The number of aromatic nitrogens is 2. The van der Waals surface area contributed by atoms with Crippen LogP contribution in [-0.2, 0) is 6.54 Å². The molecule has 2 rings (SSSR count). The Balaban J connectivity index is 1.98. The quantitative estimate of drug-likeness (QED) is 0.891. The predicted molar refractivity (Wildman–Crippen MR) is 87.8 cm³/mol. The van der Waals surface area contributed by atoms with Crippen molar-refractivity contribution in [3.05, 3.63) is 53.5 Å². The summed E-state index contributed by atoms with van der Waals surface area (Å²) in [5.41, 5.74) is 2.79. The van der Waals surface area contributed by atoms with E-state index < -0.39 is 0 Å². The van der Waals surface area contributed by atoms with E-state index in [4.69, 9.17) is 0 Å². The number of hydrogen-bond acceptors (Lipinski definition) is 4. The minimum Gasteiger partial charge on any atom is -0.365 e. The van der Waals surface area contributed by atoms with Gasteiger partial charge in [0.25, 0.3) is 5.91 Å². The average molecular weight is 298 g/mol. The van der Waals surface area contributed by atoms with Gasteiger partial charge >= 0.3 is 0 Å². The van der Waals surface area contributed by atoms with Gasteiger partial charge in [-0.15, -0.1) is 0 Å². The van der Waals surface area contributed by atoms with Crippen LogP contribution in [0, 0.1) is 6.92 Å². The van der Waals surface area contributed by atoms with Crippen LogP contribution in [0.25, 0.3) is 0 Å². The Morgan fingerprint density at radius 2 is 1.95 bits per heavy atom. The normalized spacial score (nSPS) is 10.3. The Bertz CT molecular complexity index is 621. The summed E-state index contributed by atoms with van der Waals surface area (Å²) >= 11 is 0. The number of carbonyl (C=O) groups excluding carboxylic acids is 1. The Kier molecular flexibility index (Phi) is 5.47. The molecule has 22 heavy (non-hydrogen) atoms. The Hall–Kier alpha value is -2.43. The Morgan fingerprint density at radius 3 is 2.55 bits per heavy atom. The highest BCUT2D eigenvalue weighted by atomic mass is 16.2. The van der Waals surface area contributed by atoms with Crippen LogP contribution in [0.1, 0.15) is 35.5 Å². The number of nitrogens with zero attached hydrogens (tertiary/aromatic N) is 3. The van der Waals surface area contributed by atoms with E-state index in [-0.39, 0.29) is 5.91 Å². The number of benzene rings is 1. The molecule has 0 aliphatic carbocycles. The fraction of sp³-hybridized carbons (Fsp3) is 0.353. The van der Waals surface area contributed by atoms with Gasteiger partial charge in [0.2, 0.25) is 0 Å². The summed E-state index contributed by atoms with van der Waals surface area (Å²) in [6.07, 6.45) is 3.13. The number of aryl methyl sites for hydroxylation is 1. The minimum absolute atomic E-state index is 0.0808. The summed E-state index contributed by atoms with van der Waals surface area (Å²) < 4.78 is 0. The molecule has 0 aliphatic rings. The molecule has 1 aromatic heterocycles. The zero-order valence-electron chi connectivity index (χ0n) is 13.3. The maximum atomic E-state index is 12.1. The van der Waals surface area contributed by atoms with Gasteiger partial charge in [0.05, 0.1) is 12.4 Å². The average Bonchev–Trinajstić information content (AvgIpc) is 2.54. The lowest BCUT2D eigenvalue weighted by molar-refractivity contribution is 0.0766. The first kappa shape index (κ1) is 15.9. The molecule has 0 radical (unpaired) electrons. The van der Waals surface area contributed by atoms with Crippen molar-refractivity contribution >= 4 is 11.7 Å². The van der Waals surface area contributed by atoms with E-state index in [1.54, 1.807) is 11.1 Å². The topological polar surface area (TPSA) is 58.1 Å². The van der Waals surface area contributed by atoms with Crippen molar-refractivity contribution in [3.63, 3.8) is 0 Å². The third kappa shape index (κ3) is 4.04. The number of carbonyl (C=O) groups is 1. The van der Waals surface area contributed by atoms with Crippen molar-refractivity contribution in [1.29, 1.82) is 0 Å². The molecule has 1 aromatic carbocycles. The van der Waals surface area contributed by atoms with Crippen LogP contribution < -0.4 is 5.32 Å². The smallest absolute Gasteiger partial charge is 0.274 e. The fourth-order valence-electron chi connectivity index (χ4n) is 2.22. The van der Waals surface area contributed by atoms with Crippen LogP contribution in [-0.4, -0.2) is 33.9 Å². The first-order valence-electron chi connectivity index (χ1n) is 7.54. The van der Waals surface area contributed by atoms with E-state index in [1.807, 2.05) is 19.9 Å². The maximum Gasteiger partial charge on any atom is 0.274 e. The highest BCUT2D eigenvalue weighted by Crippen LogP contribution is 2.08. The van der Waals surface area contributed by atoms with Gasteiger partial charge < -0.3 is 10.2 Å². The van der Waals surface area contributed by atoms with E-state index >= 15 is 0 Å². The first-order valence-corrected chi connectivity index (χ1v) is 7.54. The fourth-order valence-corrected chi connectivity index (χ4v) is 2.22. The summed E-state index contributed by atoms with van der Waals surface area (Å²) in [5.74, 6) is 0.584. The second-order valence-corrected chi connectivity index (χ2v) is 5.11. The van der Waals surface area contributed by atoms with E-state index in [9.17, 15) is 4.79 Å². The third-order valence-corrected chi connectivity index (χ3v) is 3.48. The summed E-state index contributed by atoms with van der Waals surface area (Å²) in [5, 5.41) is 3.21. The molecule has 0 bridgehead atoms. The molecule has 0 atom stereocenters. The summed E-state index contributed by atoms with van der Waals surface area (Å²) in [6.45, 7) is 7.99. The summed E-state index contributed by atoms with van der Waals surface area (Å²) in [4.78, 5) is 22.3. The second-order valence-electron chi connectivity index (χ2n) is 5.11. The molecule has 0 fully saturated rings. The van der Waals surface area contributed by atoms with Gasteiger partial charge in [0, 0.05) is 19.6 Å². The van der Waals surface area contributed by atoms with Crippen molar-refractivity contribution in [2.24, 2.45) is 0 Å². The number of anilines is 1. The summed E-state index contributed by atoms with van der Waals surface area (Å²) in [6, 6.07) is 8.28. The molecule has 2 aromatic rings. The molecule has 0 aliphatic heterocycles. The first-order chi connectivity index (χ1) is 10.6. The molecule has 0 spiro atoms. The molecule has 5 nitrogen and oxygen atoms in total. The molecule has 1 amide bonds. The third-order valence-electron chi connectivity index (χ3n) is 3.48. The molecular formula is C17H22N4O. The monoisotopic (exact) mass is 298 g/mol. The molecule has 0 unspecified atom stereocenters. The minimum atomic E-state index is -0.0808. The van der Waals surface area contributed by atoms with Crippen LogP contribution in [0.4, 0.5) is 5.82 Å². The number of rotatable bonds is 6. The van der Waals surface area contributed by atoms with Gasteiger partial charge in [0.1, 0.15) is 11.5 Å². The van der Waals surface area contributed by atoms with E-state index in [1.165, 1.54) is 17.3 Å². The molecule has 116 valence electrons. The zero-order chi connectivity index (χ0) is 15.9. The van der Waals surface area contributed by atoms with Crippen LogP contribution >= 0.6 is 0 Å². The lowest BCUT2D eigenvalue weighted by Crippen LogP contribution is -2.31. The van der Waals surface area contributed by atoms with Crippen molar-refractivity contribution in [1.82, 2.24) is 14.9 Å². The predicted octanol–water partition coefficient (Wildman–Crippen LogP) is 2.88.